The van der Waals surface area contributed by atoms with E-state index < -0.39 is 0 Å². The lowest BCUT2D eigenvalue weighted by molar-refractivity contribution is -0.149. The Morgan fingerprint density at radius 2 is 1.89 bits per heavy atom. The molecule has 1 aromatic carbocycles. The van der Waals surface area contributed by atoms with Gasteiger partial charge in [-0.1, -0.05) is 30.3 Å². The molecule has 5 fully saturated rings. The number of piperidine rings is 1. The lowest BCUT2D eigenvalue weighted by atomic mass is 9.42. The molecule has 1 amide bonds. The summed E-state index contributed by atoms with van der Waals surface area (Å²) in [4.78, 5) is 13.4. The molecule has 1 aliphatic heterocycles. The highest BCUT2D eigenvalue weighted by molar-refractivity contribution is 5.83. The van der Waals surface area contributed by atoms with Crippen LogP contribution in [0.4, 0.5) is 0 Å². The Morgan fingerprint density at radius 1 is 1.15 bits per heavy atom. The first-order valence-corrected chi connectivity index (χ1v) is 10.8. The molecule has 4 saturated carbocycles. The van der Waals surface area contributed by atoms with Crippen molar-refractivity contribution in [1.29, 1.82) is 0 Å². The van der Waals surface area contributed by atoms with E-state index in [1.165, 1.54) is 24.8 Å². The van der Waals surface area contributed by atoms with Crippen LogP contribution in [0.15, 0.2) is 30.3 Å². The Bertz CT molecular complexity index is 690. The van der Waals surface area contributed by atoms with Crippen molar-refractivity contribution < 1.29 is 9.90 Å². The second-order valence-electron chi connectivity index (χ2n) is 9.92. The highest BCUT2D eigenvalue weighted by Crippen LogP contribution is 2.65. The van der Waals surface area contributed by atoms with Crippen LogP contribution >= 0.6 is 0 Å². The van der Waals surface area contributed by atoms with Gasteiger partial charge in [0.05, 0.1) is 11.5 Å². The molecule has 6 atom stereocenters. The van der Waals surface area contributed by atoms with Crippen LogP contribution in [0.5, 0.6) is 0 Å². The normalized spacial score (nSPS) is 42.9. The predicted octanol–water partition coefficient (Wildman–Crippen LogP) is 2.61. The molecule has 1 saturated heterocycles. The van der Waals surface area contributed by atoms with Gasteiger partial charge in [0.25, 0.3) is 0 Å². The molecule has 4 nitrogen and oxygen atoms in total. The molecule has 2 unspecified atom stereocenters. The number of hydrogen-bond acceptors (Lipinski definition) is 3. The fourth-order valence-electron chi connectivity index (χ4n) is 7.20. The zero-order valence-electron chi connectivity index (χ0n) is 16.1. The third kappa shape index (κ3) is 3.01. The molecule has 27 heavy (non-hydrogen) atoms. The minimum Gasteiger partial charge on any atom is -0.391 e. The zero-order chi connectivity index (χ0) is 18.5. The number of carbonyl (C=O) groups excluding carboxylic acids is 1. The Morgan fingerprint density at radius 3 is 2.59 bits per heavy atom. The summed E-state index contributed by atoms with van der Waals surface area (Å²) in [6, 6.07) is 11.0. The third-order valence-electron chi connectivity index (χ3n) is 8.04. The van der Waals surface area contributed by atoms with E-state index in [4.69, 9.17) is 0 Å². The van der Waals surface area contributed by atoms with Crippen LogP contribution in [-0.2, 0) is 10.2 Å². The number of benzene rings is 1. The fraction of sp³-hybridized carbons (Fsp3) is 0.696. The van der Waals surface area contributed by atoms with Gasteiger partial charge in [0, 0.05) is 19.0 Å². The molecule has 0 aromatic heterocycles. The van der Waals surface area contributed by atoms with Gasteiger partial charge >= 0.3 is 0 Å². The standard InChI is InChI=1S/C23H32N2O2/c26-20-14-24-7-6-18(20)13-25-21(27)23-11-16-8-17(12-23)10-22(9-16,15-23)19-4-2-1-3-5-19/h1-5,16-18,20,24,26H,6-15H2,(H,25,27)/t16-,17+,18-,20+,22?,23?/m0/s1. The quantitative estimate of drug-likeness (QED) is 0.766. The Hall–Kier alpha value is -1.39. The number of amides is 1. The van der Waals surface area contributed by atoms with Gasteiger partial charge in [-0.2, -0.15) is 0 Å². The second-order valence-corrected chi connectivity index (χ2v) is 9.92. The topological polar surface area (TPSA) is 61.4 Å². The smallest absolute Gasteiger partial charge is 0.226 e. The lowest BCUT2D eigenvalue weighted by Gasteiger charge is -2.61. The molecule has 4 heteroatoms. The monoisotopic (exact) mass is 368 g/mol. The fourth-order valence-corrected chi connectivity index (χ4v) is 7.20. The number of rotatable bonds is 4. The van der Waals surface area contributed by atoms with Crippen molar-refractivity contribution in [3.05, 3.63) is 35.9 Å². The van der Waals surface area contributed by atoms with Crippen LogP contribution < -0.4 is 10.6 Å². The highest BCUT2D eigenvalue weighted by Gasteiger charge is 2.60. The maximum atomic E-state index is 13.4. The SMILES string of the molecule is O=C(NC[C@@H]1CCNC[C@H]1O)C12C[C@H]3C[C@@H](C1)CC(c1ccccc1)(C3)C2. The van der Waals surface area contributed by atoms with Crippen molar-refractivity contribution in [2.75, 3.05) is 19.6 Å². The van der Waals surface area contributed by atoms with Gasteiger partial charge in [-0.15, -0.1) is 0 Å². The minimum atomic E-state index is -0.342. The summed E-state index contributed by atoms with van der Waals surface area (Å²) < 4.78 is 0. The molecule has 1 heterocycles. The van der Waals surface area contributed by atoms with E-state index in [2.05, 4.69) is 41.0 Å². The van der Waals surface area contributed by atoms with E-state index in [0.717, 1.165) is 32.2 Å². The molecule has 4 bridgehead atoms. The molecule has 0 spiro atoms. The first-order chi connectivity index (χ1) is 13.1. The molecule has 4 aliphatic carbocycles. The van der Waals surface area contributed by atoms with Gasteiger partial charge in [0.1, 0.15) is 0 Å². The van der Waals surface area contributed by atoms with E-state index in [0.29, 0.717) is 24.9 Å². The van der Waals surface area contributed by atoms with Crippen LogP contribution in [0.3, 0.4) is 0 Å². The summed E-state index contributed by atoms with van der Waals surface area (Å²) in [5, 5.41) is 16.7. The first kappa shape index (κ1) is 17.7. The summed E-state index contributed by atoms with van der Waals surface area (Å²) in [6.07, 6.45) is 7.58. The molecule has 0 radical (unpaired) electrons. The maximum Gasteiger partial charge on any atom is 0.226 e. The summed E-state index contributed by atoms with van der Waals surface area (Å²) in [5.74, 6) is 1.85. The van der Waals surface area contributed by atoms with Crippen LogP contribution in [0.2, 0.25) is 0 Å². The van der Waals surface area contributed by atoms with Crippen molar-refractivity contribution >= 4 is 5.91 Å². The minimum absolute atomic E-state index is 0.183. The molecular weight excluding hydrogens is 336 g/mol. The van der Waals surface area contributed by atoms with Crippen molar-refractivity contribution in [2.24, 2.45) is 23.2 Å². The van der Waals surface area contributed by atoms with Crippen LogP contribution in [-0.4, -0.2) is 36.8 Å². The second kappa shape index (κ2) is 6.59. The van der Waals surface area contributed by atoms with E-state index >= 15 is 0 Å². The average Bonchev–Trinajstić information content (AvgIpc) is 2.67. The summed E-state index contributed by atoms with van der Waals surface area (Å²) >= 11 is 0. The average molecular weight is 369 g/mol. The number of β-amino-alcohol motifs (C(OH)–C–C–N with tert-alkyl or cyclic N) is 1. The Balaban J connectivity index is 1.35. The Kier molecular flexibility index (Phi) is 4.32. The largest absolute Gasteiger partial charge is 0.391 e. The molecule has 3 N–H and O–H groups in total. The number of hydrogen-bond donors (Lipinski definition) is 3. The predicted molar refractivity (Wildman–Crippen MR) is 105 cm³/mol. The molecule has 146 valence electrons. The van der Waals surface area contributed by atoms with Crippen LogP contribution in [0, 0.1) is 23.2 Å². The van der Waals surface area contributed by atoms with Gasteiger partial charge in [-0.25, -0.2) is 0 Å². The van der Waals surface area contributed by atoms with Crippen LogP contribution in [0.1, 0.15) is 50.5 Å². The molecular formula is C23H32N2O2. The third-order valence-corrected chi connectivity index (χ3v) is 8.04. The van der Waals surface area contributed by atoms with Gasteiger partial charge in [-0.3, -0.25) is 4.79 Å². The molecule has 1 aromatic rings. The Labute approximate surface area is 162 Å². The maximum absolute atomic E-state index is 13.4. The summed E-state index contributed by atoms with van der Waals surface area (Å²) in [6.45, 7) is 2.20. The molecule has 5 aliphatic rings. The van der Waals surface area contributed by atoms with E-state index in [-0.39, 0.29) is 28.8 Å². The summed E-state index contributed by atoms with van der Waals surface area (Å²) in [7, 11) is 0. The summed E-state index contributed by atoms with van der Waals surface area (Å²) in [5.41, 5.74) is 1.47. The van der Waals surface area contributed by atoms with E-state index in [9.17, 15) is 9.90 Å². The van der Waals surface area contributed by atoms with E-state index in [1.54, 1.807) is 0 Å². The number of aliphatic hydroxyl groups is 1. The lowest BCUT2D eigenvalue weighted by Crippen LogP contribution is -2.59. The van der Waals surface area contributed by atoms with Crippen molar-refractivity contribution in [3.8, 4) is 0 Å². The highest BCUT2D eigenvalue weighted by atomic mass is 16.3. The van der Waals surface area contributed by atoms with Gasteiger partial charge in [0.15, 0.2) is 0 Å². The van der Waals surface area contributed by atoms with Crippen molar-refractivity contribution in [1.82, 2.24) is 10.6 Å². The number of carbonyl (C=O) groups is 1. The van der Waals surface area contributed by atoms with Gasteiger partial charge in [0.2, 0.25) is 5.91 Å². The first-order valence-electron chi connectivity index (χ1n) is 10.8. The van der Waals surface area contributed by atoms with Gasteiger partial charge in [-0.05, 0) is 74.3 Å². The number of nitrogens with one attached hydrogen (secondary N) is 2. The van der Waals surface area contributed by atoms with Crippen molar-refractivity contribution in [2.45, 2.75) is 56.5 Å². The van der Waals surface area contributed by atoms with Crippen molar-refractivity contribution in [3.63, 3.8) is 0 Å². The zero-order valence-corrected chi connectivity index (χ0v) is 16.1. The van der Waals surface area contributed by atoms with Gasteiger partial charge < -0.3 is 15.7 Å². The van der Waals surface area contributed by atoms with Crippen LogP contribution in [0.25, 0.3) is 0 Å². The van der Waals surface area contributed by atoms with E-state index in [1.807, 2.05) is 0 Å². The number of aliphatic hydroxyl groups excluding tert-OH is 1. The molecule has 6 rings (SSSR count).